The van der Waals surface area contributed by atoms with Crippen LogP contribution in [-0.2, 0) is 4.79 Å². The van der Waals surface area contributed by atoms with Crippen molar-refractivity contribution in [1.29, 1.82) is 0 Å². The Morgan fingerprint density at radius 1 is 1.62 bits per heavy atom. The van der Waals surface area contributed by atoms with Crippen LogP contribution in [-0.4, -0.2) is 17.9 Å². The fourth-order valence-electron chi connectivity index (χ4n) is 1.03. The quantitative estimate of drug-likeness (QED) is 0.757. The largest absolute Gasteiger partial charge is 0.300 e. The number of carbonyl (C=O) groups excluding carboxylic acids is 1. The van der Waals surface area contributed by atoms with Crippen LogP contribution in [0.5, 0.6) is 0 Å². The zero-order valence-corrected chi connectivity index (χ0v) is 9.42. The van der Waals surface area contributed by atoms with Crippen molar-refractivity contribution in [3.63, 3.8) is 0 Å². The molecule has 13 heavy (non-hydrogen) atoms. The Bertz CT molecular complexity index is 338. The van der Waals surface area contributed by atoms with E-state index in [1.54, 1.807) is 13.2 Å². The summed E-state index contributed by atoms with van der Waals surface area (Å²) in [5.74, 6) is 0.689. The molecule has 0 aliphatic heterocycles. The number of halogens is 1. The molecule has 0 radical (unpaired) electrons. The van der Waals surface area contributed by atoms with Crippen LogP contribution < -0.4 is 4.90 Å². The van der Waals surface area contributed by atoms with Gasteiger partial charge >= 0.3 is 0 Å². The number of carbonyl (C=O) groups is 1. The van der Waals surface area contributed by atoms with E-state index in [9.17, 15) is 4.79 Å². The Hall–Kier alpha value is -0.900. The summed E-state index contributed by atoms with van der Waals surface area (Å²) in [5, 5.41) is 0. The Morgan fingerprint density at radius 2 is 2.23 bits per heavy atom. The summed E-state index contributed by atoms with van der Waals surface area (Å²) >= 11 is 3.32. The van der Waals surface area contributed by atoms with E-state index >= 15 is 0 Å². The van der Waals surface area contributed by atoms with Crippen LogP contribution >= 0.6 is 15.9 Å². The lowest BCUT2D eigenvalue weighted by Crippen LogP contribution is -2.24. The Labute approximate surface area is 85.9 Å². The average Bonchev–Trinajstić information content (AvgIpc) is 2.03. The first kappa shape index (κ1) is 10.2. The van der Waals surface area contributed by atoms with E-state index in [4.69, 9.17) is 0 Å². The van der Waals surface area contributed by atoms with Crippen molar-refractivity contribution in [2.75, 3.05) is 11.9 Å². The molecule has 0 saturated heterocycles. The molecule has 1 aromatic heterocycles. The van der Waals surface area contributed by atoms with Gasteiger partial charge in [0.05, 0.1) is 0 Å². The number of hydrogen-bond donors (Lipinski definition) is 0. The summed E-state index contributed by atoms with van der Waals surface area (Å²) in [6.45, 7) is 3.44. The molecule has 1 aromatic rings. The molecule has 1 amide bonds. The lowest BCUT2D eigenvalue weighted by molar-refractivity contribution is -0.116. The Balaban J connectivity index is 3.08. The zero-order chi connectivity index (χ0) is 10.0. The number of pyridine rings is 1. The molecule has 0 fully saturated rings. The molecule has 1 rings (SSSR count). The molecule has 4 heteroatoms. The van der Waals surface area contributed by atoms with E-state index in [0.717, 1.165) is 10.0 Å². The predicted molar refractivity (Wildman–Crippen MR) is 55.8 cm³/mol. The third-order valence-corrected chi connectivity index (χ3v) is 2.24. The van der Waals surface area contributed by atoms with Gasteiger partial charge in [-0.25, -0.2) is 4.98 Å². The van der Waals surface area contributed by atoms with E-state index in [-0.39, 0.29) is 5.91 Å². The maximum absolute atomic E-state index is 11.1. The maximum Gasteiger partial charge on any atom is 0.224 e. The van der Waals surface area contributed by atoms with Crippen LogP contribution in [0.4, 0.5) is 5.82 Å². The maximum atomic E-state index is 11.1. The monoisotopic (exact) mass is 242 g/mol. The highest BCUT2D eigenvalue weighted by molar-refractivity contribution is 9.10. The normalized spacial score (nSPS) is 9.85. The third kappa shape index (κ3) is 2.28. The summed E-state index contributed by atoms with van der Waals surface area (Å²) in [4.78, 5) is 16.7. The zero-order valence-electron chi connectivity index (χ0n) is 7.84. The third-order valence-electron chi connectivity index (χ3n) is 1.81. The lowest BCUT2D eigenvalue weighted by atomic mass is 10.3. The van der Waals surface area contributed by atoms with Gasteiger partial charge in [0.25, 0.3) is 0 Å². The van der Waals surface area contributed by atoms with Crippen molar-refractivity contribution in [3.05, 3.63) is 22.3 Å². The number of aryl methyl sites for hydroxylation is 1. The number of rotatable bonds is 1. The highest BCUT2D eigenvalue weighted by Crippen LogP contribution is 2.19. The Kier molecular flexibility index (Phi) is 3.03. The van der Waals surface area contributed by atoms with Crippen molar-refractivity contribution in [2.45, 2.75) is 13.8 Å². The molecule has 0 aliphatic carbocycles. The van der Waals surface area contributed by atoms with Gasteiger partial charge in [0.15, 0.2) is 0 Å². The minimum absolute atomic E-state index is 0.0158. The second-order valence-electron chi connectivity index (χ2n) is 2.87. The molecule has 0 aliphatic rings. The smallest absolute Gasteiger partial charge is 0.224 e. The fraction of sp³-hybridized carbons (Fsp3) is 0.333. The highest BCUT2D eigenvalue weighted by Gasteiger charge is 2.09. The van der Waals surface area contributed by atoms with Crippen LogP contribution in [0.25, 0.3) is 0 Å². The van der Waals surface area contributed by atoms with Gasteiger partial charge in [-0.2, -0.15) is 0 Å². The van der Waals surface area contributed by atoms with Crippen LogP contribution in [0.1, 0.15) is 12.5 Å². The molecule has 0 unspecified atom stereocenters. The molecular formula is C9H11BrN2O. The van der Waals surface area contributed by atoms with Gasteiger partial charge in [0.1, 0.15) is 5.82 Å². The van der Waals surface area contributed by atoms with E-state index in [2.05, 4.69) is 20.9 Å². The molecule has 0 atom stereocenters. The molecule has 3 nitrogen and oxygen atoms in total. The standard InChI is InChI=1S/C9H11BrN2O/c1-6-4-8(10)5-11-9(6)12(3)7(2)13/h4-5H,1-3H3. The first-order chi connectivity index (χ1) is 6.02. The molecule has 0 bridgehead atoms. The van der Waals surface area contributed by atoms with Crippen molar-refractivity contribution >= 4 is 27.7 Å². The topological polar surface area (TPSA) is 33.2 Å². The van der Waals surface area contributed by atoms with Crippen molar-refractivity contribution in [1.82, 2.24) is 4.98 Å². The van der Waals surface area contributed by atoms with Gasteiger partial charge in [0.2, 0.25) is 5.91 Å². The summed E-state index contributed by atoms with van der Waals surface area (Å²) in [7, 11) is 1.71. The van der Waals surface area contributed by atoms with Crippen LogP contribution in [0.2, 0.25) is 0 Å². The minimum atomic E-state index is -0.0158. The second-order valence-corrected chi connectivity index (χ2v) is 3.79. The lowest BCUT2D eigenvalue weighted by Gasteiger charge is -2.15. The number of anilines is 1. The first-order valence-electron chi connectivity index (χ1n) is 3.89. The summed E-state index contributed by atoms with van der Waals surface area (Å²) < 4.78 is 0.922. The van der Waals surface area contributed by atoms with Gasteiger partial charge in [-0.1, -0.05) is 0 Å². The number of amides is 1. The van der Waals surface area contributed by atoms with Crippen LogP contribution in [0.3, 0.4) is 0 Å². The predicted octanol–water partition coefficient (Wildman–Crippen LogP) is 2.14. The summed E-state index contributed by atoms with van der Waals surface area (Å²) in [6, 6.07) is 1.93. The van der Waals surface area contributed by atoms with Gasteiger partial charge in [-0.15, -0.1) is 0 Å². The summed E-state index contributed by atoms with van der Waals surface area (Å²) in [6.07, 6.45) is 1.68. The van der Waals surface area contributed by atoms with Crippen LogP contribution in [0, 0.1) is 6.92 Å². The van der Waals surface area contributed by atoms with E-state index in [1.165, 1.54) is 11.8 Å². The van der Waals surface area contributed by atoms with Crippen LogP contribution in [0.15, 0.2) is 16.7 Å². The van der Waals surface area contributed by atoms with Crippen molar-refractivity contribution in [2.24, 2.45) is 0 Å². The van der Waals surface area contributed by atoms with Gasteiger partial charge in [0, 0.05) is 24.6 Å². The van der Waals surface area contributed by atoms with E-state index in [1.807, 2.05) is 13.0 Å². The second kappa shape index (κ2) is 3.87. The van der Waals surface area contributed by atoms with Gasteiger partial charge < -0.3 is 0 Å². The number of aromatic nitrogens is 1. The molecule has 0 saturated carbocycles. The van der Waals surface area contributed by atoms with Crippen molar-refractivity contribution < 1.29 is 4.79 Å². The molecular weight excluding hydrogens is 232 g/mol. The number of hydrogen-bond acceptors (Lipinski definition) is 2. The molecule has 0 spiro atoms. The molecule has 0 aromatic carbocycles. The molecule has 0 N–H and O–H groups in total. The van der Waals surface area contributed by atoms with E-state index in [0.29, 0.717) is 5.82 Å². The minimum Gasteiger partial charge on any atom is -0.300 e. The summed E-state index contributed by atoms with van der Waals surface area (Å²) in [5.41, 5.74) is 0.979. The SMILES string of the molecule is CC(=O)N(C)c1ncc(Br)cc1C. The average molecular weight is 243 g/mol. The fourth-order valence-corrected chi connectivity index (χ4v) is 1.48. The molecule has 70 valence electrons. The first-order valence-corrected chi connectivity index (χ1v) is 4.68. The Morgan fingerprint density at radius 3 is 2.69 bits per heavy atom. The highest BCUT2D eigenvalue weighted by atomic mass is 79.9. The van der Waals surface area contributed by atoms with Gasteiger partial charge in [-0.05, 0) is 34.5 Å². The van der Waals surface area contributed by atoms with Gasteiger partial charge in [-0.3, -0.25) is 9.69 Å². The molecule has 1 heterocycles. The number of nitrogens with zero attached hydrogens (tertiary/aromatic N) is 2. The van der Waals surface area contributed by atoms with E-state index < -0.39 is 0 Å². The van der Waals surface area contributed by atoms with Crippen molar-refractivity contribution in [3.8, 4) is 0 Å².